The van der Waals surface area contributed by atoms with E-state index in [-0.39, 0.29) is 12.1 Å². The molecule has 0 radical (unpaired) electrons. The average molecular weight is 438 g/mol. The van der Waals surface area contributed by atoms with Crippen molar-refractivity contribution in [2.75, 3.05) is 37.4 Å². The van der Waals surface area contributed by atoms with E-state index in [9.17, 15) is 9.59 Å². The summed E-state index contributed by atoms with van der Waals surface area (Å²) >= 11 is 1.66. The standard InChI is InChI=1S/C25H31N3O2S/c1-5-12-28(16-21(27(3)4)15-19-9-7-6-8-10-19)23-22(24(29)25(23)30)26-18(2)14-20-11-13-31-17-20/h5-11,13,17-18,21,26H,1,12,14-16H2,2-4H3/t18-,21+/m1/s1. The van der Waals surface area contributed by atoms with Gasteiger partial charge in [0.2, 0.25) is 0 Å². The van der Waals surface area contributed by atoms with E-state index in [4.69, 9.17) is 0 Å². The zero-order valence-electron chi connectivity index (χ0n) is 18.5. The largest absolute Gasteiger partial charge is 0.377 e. The second-order valence-corrected chi connectivity index (χ2v) is 9.04. The van der Waals surface area contributed by atoms with Crippen LogP contribution in [-0.4, -0.2) is 44.2 Å². The number of hydrogen-bond acceptors (Lipinski definition) is 6. The summed E-state index contributed by atoms with van der Waals surface area (Å²) in [5, 5.41) is 7.45. The van der Waals surface area contributed by atoms with Gasteiger partial charge in [0, 0.05) is 25.2 Å². The highest BCUT2D eigenvalue weighted by molar-refractivity contribution is 7.07. The highest BCUT2D eigenvalue weighted by atomic mass is 32.1. The molecule has 0 saturated carbocycles. The minimum Gasteiger partial charge on any atom is -0.377 e. The fourth-order valence-corrected chi connectivity index (χ4v) is 4.52. The van der Waals surface area contributed by atoms with Crippen LogP contribution >= 0.6 is 11.3 Å². The van der Waals surface area contributed by atoms with Crippen LogP contribution in [0.5, 0.6) is 0 Å². The molecule has 1 N–H and O–H groups in total. The van der Waals surface area contributed by atoms with Crippen LogP contribution in [0.15, 0.2) is 69.4 Å². The Labute approximate surface area is 188 Å². The predicted molar refractivity (Wildman–Crippen MR) is 132 cm³/mol. The lowest BCUT2D eigenvalue weighted by Crippen LogP contribution is -2.48. The highest BCUT2D eigenvalue weighted by Crippen LogP contribution is 2.23. The molecule has 0 fully saturated rings. The molecular weight excluding hydrogens is 406 g/mol. The minimum absolute atomic E-state index is 0.0520. The average Bonchev–Trinajstić information content (AvgIpc) is 3.26. The van der Waals surface area contributed by atoms with Gasteiger partial charge in [0.15, 0.2) is 0 Å². The number of thiophene rings is 1. The zero-order chi connectivity index (χ0) is 22.4. The Kier molecular flexibility index (Phi) is 7.82. The van der Waals surface area contributed by atoms with Crippen molar-refractivity contribution in [2.24, 2.45) is 0 Å². The van der Waals surface area contributed by atoms with Crippen molar-refractivity contribution in [1.29, 1.82) is 0 Å². The molecule has 164 valence electrons. The quantitative estimate of drug-likeness (QED) is 0.347. The van der Waals surface area contributed by atoms with Crippen LogP contribution in [0.1, 0.15) is 18.1 Å². The number of likely N-dealkylation sites (N-methyl/N-ethyl adjacent to an activating group) is 1. The molecule has 31 heavy (non-hydrogen) atoms. The first-order valence-electron chi connectivity index (χ1n) is 10.6. The maximum absolute atomic E-state index is 12.6. The van der Waals surface area contributed by atoms with Crippen LogP contribution in [0, 0.1) is 0 Å². The maximum Gasteiger partial charge on any atom is 0.253 e. The molecule has 3 aromatic rings. The van der Waals surface area contributed by atoms with Gasteiger partial charge in [-0.05, 0) is 61.8 Å². The van der Waals surface area contributed by atoms with Crippen LogP contribution < -0.4 is 21.1 Å². The minimum atomic E-state index is -0.425. The van der Waals surface area contributed by atoms with E-state index >= 15 is 0 Å². The van der Waals surface area contributed by atoms with Crippen molar-refractivity contribution in [3.8, 4) is 0 Å². The van der Waals surface area contributed by atoms with Gasteiger partial charge in [-0.1, -0.05) is 36.4 Å². The number of hydrogen-bond donors (Lipinski definition) is 1. The lowest BCUT2D eigenvalue weighted by Gasteiger charge is -2.34. The number of nitrogens with one attached hydrogen (secondary N) is 1. The SMILES string of the molecule is C=CCN(C[C@H](Cc1ccccc1)N(C)C)c1c(N[C@H](C)Cc2ccsc2)c(=O)c1=O. The third-order valence-corrected chi connectivity index (χ3v) is 6.27. The summed E-state index contributed by atoms with van der Waals surface area (Å²) in [6, 6.07) is 12.6. The summed E-state index contributed by atoms with van der Waals surface area (Å²) in [6.07, 6.45) is 3.44. The molecule has 1 aromatic heterocycles. The first kappa shape index (κ1) is 23.0. The first-order chi connectivity index (χ1) is 14.9. The Hall–Kier alpha value is -2.70. The van der Waals surface area contributed by atoms with Gasteiger partial charge >= 0.3 is 0 Å². The molecule has 0 amide bonds. The Morgan fingerprint density at radius 1 is 1.06 bits per heavy atom. The van der Waals surface area contributed by atoms with E-state index in [1.54, 1.807) is 17.4 Å². The van der Waals surface area contributed by atoms with Crippen LogP contribution in [0.2, 0.25) is 0 Å². The van der Waals surface area contributed by atoms with E-state index in [1.807, 2.05) is 49.5 Å². The highest BCUT2D eigenvalue weighted by Gasteiger charge is 2.28. The normalized spacial score (nSPS) is 13.3. The van der Waals surface area contributed by atoms with Gasteiger partial charge in [0.1, 0.15) is 11.4 Å². The summed E-state index contributed by atoms with van der Waals surface area (Å²) in [6.45, 7) is 7.04. The van der Waals surface area contributed by atoms with Crippen molar-refractivity contribution >= 4 is 22.7 Å². The monoisotopic (exact) mass is 437 g/mol. The lowest BCUT2D eigenvalue weighted by atomic mass is 10.0. The fourth-order valence-electron chi connectivity index (χ4n) is 3.84. The van der Waals surface area contributed by atoms with Crippen molar-refractivity contribution in [2.45, 2.75) is 31.8 Å². The van der Waals surface area contributed by atoms with E-state index in [0.717, 1.165) is 12.8 Å². The summed E-state index contributed by atoms with van der Waals surface area (Å²) in [4.78, 5) is 29.1. The van der Waals surface area contributed by atoms with Crippen LogP contribution in [0.4, 0.5) is 11.4 Å². The van der Waals surface area contributed by atoms with Gasteiger partial charge in [0.05, 0.1) is 0 Å². The predicted octanol–water partition coefficient (Wildman–Crippen LogP) is 3.55. The molecule has 0 aliphatic carbocycles. The number of rotatable bonds is 12. The van der Waals surface area contributed by atoms with Crippen molar-refractivity contribution in [3.63, 3.8) is 0 Å². The molecule has 0 bridgehead atoms. The Morgan fingerprint density at radius 3 is 2.42 bits per heavy atom. The third-order valence-electron chi connectivity index (χ3n) is 5.54. The van der Waals surface area contributed by atoms with Crippen LogP contribution in [0.3, 0.4) is 0 Å². The summed E-state index contributed by atoms with van der Waals surface area (Å²) in [5.74, 6) is 0. The van der Waals surface area contributed by atoms with E-state index in [2.05, 4.69) is 40.4 Å². The molecule has 0 unspecified atom stereocenters. The summed E-state index contributed by atoms with van der Waals surface area (Å²) in [7, 11) is 4.09. The second kappa shape index (κ2) is 10.6. The molecular formula is C25H31N3O2S. The topological polar surface area (TPSA) is 52.6 Å². The Morgan fingerprint density at radius 2 is 1.81 bits per heavy atom. The van der Waals surface area contributed by atoms with Gasteiger partial charge in [0.25, 0.3) is 10.9 Å². The molecule has 2 atom stereocenters. The zero-order valence-corrected chi connectivity index (χ0v) is 19.3. The maximum atomic E-state index is 12.6. The molecule has 2 aromatic carbocycles. The van der Waals surface area contributed by atoms with Crippen molar-refractivity contribution in [3.05, 3.63) is 91.4 Å². The summed E-state index contributed by atoms with van der Waals surface area (Å²) < 4.78 is 0. The van der Waals surface area contributed by atoms with Gasteiger partial charge < -0.3 is 15.1 Å². The van der Waals surface area contributed by atoms with Crippen molar-refractivity contribution < 1.29 is 0 Å². The number of benzene rings is 1. The molecule has 0 aliphatic heterocycles. The van der Waals surface area contributed by atoms with E-state index < -0.39 is 10.9 Å². The second-order valence-electron chi connectivity index (χ2n) is 8.26. The molecule has 1 heterocycles. The summed E-state index contributed by atoms with van der Waals surface area (Å²) in [5.41, 5.74) is 2.56. The van der Waals surface area contributed by atoms with Crippen molar-refractivity contribution in [1.82, 2.24) is 4.90 Å². The molecule has 3 rings (SSSR count). The fraction of sp³-hybridized carbons (Fsp3) is 0.360. The Balaban J connectivity index is 1.78. The van der Waals surface area contributed by atoms with Gasteiger partial charge in [-0.15, -0.1) is 6.58 Å². The molecule has 0 spiro atoms. The van der Waals surface area contributed by atoms with Gasteiger partial charge in [-0.25, -0.2) is 0 Å². The van der Waals surface area contributed by atoms with E-state index in [1.165, 1.54) is 11.1 Å². The van der Waals surface area contributed by atoms with E-state index in [0.29, 0.717) is 24.5 Å². The molecule has 0 saturated heterocycles. The molecule has 0 aliphatic rings. The van der Waals surface area contributed by atoms with Crippen LogP contribution in [-0.2, 0) is 12.8 Å². The third kappa shape index (κ3) is 5.71. The number of anilines is 2. The molecule has 5 nitrogen and oxygen atoms in total. The number of nitrogens with zero attached hydrogens (tertiary/aromatic N) is 2. The van der Waals surface area contributed by atoms with Gasteiger partial charge in [-0.2, -0.15) is 11.3 Å². The lowest BCUT2D eigenvalue weighted by molar-refractivity contribution is 0.293. The van der Waals surface area contributed by atoms with Crippen LogP contribution in [0.25, 0.3) is 0 Å². The molecule has 6 heteroatoms. The Bertz CT molecular complexity index is 1040. The van der Waals surface area contributed by atoms with Gasteiger partial charge in [-0.3, -0.25) is 9.59 Å². The smallest absolute Gasteiger partial charge is 0.253 e. The first-order valence-corrected chi connectivity index (χ1v) is 11.5.